The van der Waals surface area contributed by atoms with Gasteiger partial charge in [0.2, 0.25) is 6.79 Å². The number of fused-ring (bicyclic) bond motifs is 1. The van der Waals surface area contributed by atoms with Gasteiger partial charge in [0.15, 0.2) is 11.5 Å². The zero-order valence-corrected chi connectivity index (χ0v) is 15.7. The maximum atomic E-state index is 12.7. The van der Waals surface area contributed by atoms with E-state index in [1.165, 1.54) is 0 Å². The van der Waals surface area contributed by atoms with E-state index < -0.39 is 0 Å². The molecule has 5 nitrogen and oxygen atoms in total. The molecule has 4 rings (SSSR count). The van der Waals surface area contributed by atoms with Crippen molar-refractivity contribution in [1.82, 2.24) is 0 Å². The van der Waals surface area contributed by atoms with Crippen LogP contribution in [0.2, 0.25) is 5.02 Å². The molecule has 0 aromatic heterocycles. The summed E-state index contributed by atoms with van der Waals surface area (Å²) in [6, 6.07) is 10.2. The third kappa shape index (κ3) is 3.03. The van der Waals surface area contributed by atoms with E-state index in [4.69, 9.17) is 21.1 Å². The van der Waals surface area contributed by atoms with Crippen molar-refractivity contribution >= 4 is 62.2 Å². The molecule has 0 unspecified atom stereocenters. The molecule has 2 aliphatic rings. The maximum Gasteiger partial charge on any atom is 0.298 e. The molecule has 0 saturated carbocycles. The van der Waals surface area contributed by atoms with Gasteiger partial charge in [0.05, 0.1) is 10.6 Å². The Hall–Kier alpha value is -1.96. The summed E-state index contributed by atoms with van der Waals surface area (Å²) < 4.78 is 11.4. The summed E-state index contributed by atoms with van der Waals surface area (Å²) in [5, 5.41) is 0.0921. The summed E-state index contributed by atoms with van der Waals surface area (Å²) in [5.74, 6) is 0.849. The van der Waals surface area contributed by atoms with Crippen molar-refractivity contribution in [3.05, 3.63) is 56.4 Å². The number of amides is 2. The van der Waals surface area contributed by atoms with Gasteiger partial charge < -0.3 is 9.47 Å². The molecule has 2 aromatic carbocycles. The zero-order valence-electron chi connectivity index (χ0n) is 12.5. The number of imide groups is 1. The van der Waals surface area contributed by atoms with Gasteiger partial charge in [-0.25, -0.2) is 4.90 Å². The van der Waals surface area contributed by atoms with Gasteiger partial charge in [0.1, 0.15) is 0 Å². The first kappa shape index (κ1) is 16.5. The molecule has 0 bridgehead atoms. The van der Waals surface area contributed by atoms with Crippen LogP contribution in [0.5, 0.6) is 11.5 Å². The van der Waals surface area contributed by atoms with E-state index in [-0.39, 0.29) is 17.9 Å². The Balaban J connectivity index is 1.69. The lowest BCUT2D eigenvalue weighted by Gasteiger charge is -2.12. The average molecular weight is 439 g/mol. The number of carbonyl (C=O) groups excluding carboxylic acids is 2. The van der Waals surface area contributed by atoms with E-state index in [2.05, 4.69) is 15.9 Å². The van der Waals surface area contributed by atoms with Crippen LogP contribution in [-0.2, 0) is 4.79 Å². The van der Waals surface area contributed by atoms with E-state index >= 15 is 0 Å². The number of halogens is 2. The molecule has 0 atom stereocenters. The molecular formula is C17H9BrClNO4S. The van der Waals surface area contributed by atoms with Crippen LogP contribution >= 0.6 is 39.3 Å². The predicted octanol–water partition coefficient (Wildman–Crippen LogP) is 5.07. The Morgan fingerprint density at radius 1 is 1.16 bits per heavy atom. The molecule has 25 heavy (non-hydrogen) atoms. The lowest BCUT2D eigenvalue weighted by molar-refractivity contribution is -0.113. The first-order chi connectivity index (χ1) is 12.0. The smallest absolute Gasteiger partial charge is 0.298 e. The summed E-state index contributed by atoms with van der Waals surface area (Å²) >= 11 is 10.3. The van der Waals surface area contributed by atoms with Gasteiger partial charge in [0.25, 0.3) is 11.1 Å². The van der Waals surface area contributed by atoms with Crippen LogP contribution < -0.4 is 14.4 Å². The highest BCUT2D eigenvalue weighted by atomic mass is 79.9. The minimum Gasteiger partial charge on any atom is -0.454 e. The second kappa shape index (κ2) is 6.40. The Kier molecular flexibility index (Phi) is 4.23. The number of ether oxygens (including phenoxy) is 2. The molecule has 0 radical (unpaired) electrons. The third-order valence-corrected chi connectivity index (χ3v) is 5.43. The highest BCUT2D eigenvalue weighted by Crippen LogP contribution is 2.41. The number of hydrogen-bond donors (Lipinski definition) is 0. The van der Waals surface area contributed by atoms with Gasteiger partial charge in [-0.3, -0.25) is 9.59 Å². The van der Waals surface area contributed by atoms with E-state index in [0.29, 0.717) is 27.1 Å². The number of hydrogen-bond acceptors (Lipinski definition) is 5. The zero-order chi connectivity index (χ0) is 17.6. The Bertz CT molecular complexity index is 946. The maximum absolute atomic E-state index is 12.7. The molecule has 2 heterocycles. The van der Waals surface area contributed by atoms with Gasteiger partial charge in [-0.15, -0.1) is 0 Å². The largest absolute Gasteiger partial charge is 0.454 e. The number of nitrogens with zero attached hydrogens (tertiary/aromatic N) is 1. The number of carbonyl (C=O) groups is 2. The molecule has 2 aliphatic heterocycles. The molecule has 2 aromatic rings. The van der Waals surface area contributed by atoms with Gasteiger partial charge in [0, 0.05) is 9.50 Å². The topological polar surface area (TPSA) is 55.8 Å². The standard InChI is InChI=1S/C17H9BrClNO4S/c18-12-7-14-13(23-8-24-14)4-9(12)5-15-16(21)20(17(22)25-15)11-3-1-2-10(19)6-11/h1-7H,8H2. The minimum atomic E-state index is -0.387. The lowest BCUT2D eigenvalue weighted by atomic mass is 10.2. The van der Waals surface area contributed by atoms with Gasteiger partial charge in [-0.2, -0.15) is 0 Å². The summed E-state index contributed by atoms with van der Waals surface area (Å²) in [6.45, 7) is 0.163. The lowest BCUT2D eigenvalue weighted by Crippen LogP contribution is -2.27. The van der Waals surface area contributed by atoms with Crippen molar-refractivity contribution in [3.8, 4) is 11.5 Å². The van der Waals surface area contributed by atoms with Crippen LogP contribution in [0.3, 0.4) is 0 Å². The van der Waals surface area contributed by atoms with Gasteiger partial charge in [-0.05, 0) is 53.7 Å². The summed E-state index contributed by atoms with van der Waals surface area (Å²) in [4.78, 5) is 26.4. The van der Waals surface area contributed by atoms with E-state index in [0.717, 1.165) is 26.7 Å². The summed E-state index contributed by atoms with van der Waals surface area (Å²) in [7, 11) is 0. The molecule has 1 fully saturated rings. The molecule has 8 heteroatoms. The molecular weight excluding hydrogens is 430 g/mol. The molecule has 2 amide bonds. The van der Waals surface area contributed by atoms with Crippen molar-refractivity contribution in [3.63, 3.8) is 0 Å². The SMILES string of the molecule is O=C1SC(=Cc2cc3c(cc2Br)OCO3)C(=O)N1c1cccc(Cl)c1. The third-order valence-electron chi connectivity index (χ3n) is 3.64. The van der Waals surface area contributed by atoms with Crippen molar-refractivity contribution in [2.45, 2.75) is 0 Å². The number of thioether (sulfide) groups is 1. The fourth-order valence-electron chi connectivity index (χ4n) is 2.49. The second-order valence-electron chi connectivity index (χ2n) is 5.22. The molecule has 0 spiro atoms. The van der Waals surface area contributed by atoms with Crippen LogP contribution in [-0.4, -0.2) is 17.9 Å². The monoisotopic (exact) mass is 437 g/mol. The first-order valence-corrected chi connectivity index (χ1v) is 9.14. The fraction of sp³-hybridized carbons (Fsp3) is 0.0588. The van der Waals surface area contributed by atoms with Gasteiger partial charge in [-0.1, -0.05) is 33.6 Å². The van der Waals surface area contributed by atoms with Crippen LogP contribution in [0.25, 0.3) is 6.08 Å². The normalized spacial score (nSPS) is 17.7. The van der Waals surface area contributed by atoms with Gasteiger partial charge >= 0.3 is 0 Å². The highest BCUT2D eigenvalue weighted by molar-refractivity contribution is 9.10. The second-order valence-corrected chi connectivity index (χ2v) is 7.51. The first-order valence-electron chi connectivity index (χ1n) is 7.15. The molecule has 0 aliphatic carbocycles. The Morgan fingerprint density at radius 3 is 2.68 bits per heavy atom. The van der Waals surface area contributed by atoms with Crippen LogP contribution in [0.1, 0.15) is 5.56 Å². The highest BCUT2D eigenvalue weighted by Gasteiger charge is 2.36. The van der Waals surface area contributed by atoms with Crippen LogP contribution in [0.4, 0.5) is 10.5 Å². The minimum absolute atomic E-state index is 0.163. The fourth-order valence-corrected chi connectivity index (χ4v) is 3.94. The molecule has 0 N–H and O–H groups in total. The van der Waals surface area contributed by atoms with Crippen molar-refractivity contribution in [2.24, 2.45) is 0 Å². The number of anilines is 1. The summed E-state index contributed by atoms with van der Waals surface area (Å²) in [5.41, 5.74) is 1.17. The molecule has 126 valence electrons. The quantitative estimate of drug-likeness (QED) is 0.613. The van der Waals surface area contributed by atoms with E-state index in [1.54, 1.807) is 42.5 Å². The predicted molar refractivity (Wildman–Crippen MR) is 100 cm³/mol. The molecule has 1 saturated heterocycles. The van der Waals surface area contributed by atoms with Crippen LogP contribution in [0.15, 0.2) is 45.8 Å². The summed E-state index contributed by atoms with van der Waals surface area (Å²) in [6.07, 6.45) is 1.65. The Labute approximate surface area is 160 Å². The van der Waals surface area contributed by atoms with E-state index in [1.807, 2.05) is 0 Å². The number of benzene rings is 2. The average Bonchev–Trinajstić information content (AvgIpc) is 3.12. The Morgan fingerprint density at radius 2 is 1.92 bits per heavy atom. The number of rotatable bonds is 2. The van der Waals surface area contributed by atoms with Crippen LogP contribution in [0, 0.1) is 0 Å². The van der Waals surface area contributed by atoms with Crippen molar-refractivity contribution in [1.29, 1.82) is 0 Å². The van der Waals surface area contributed by atoms with Crippen molar-refractivity contribution in [2.75, 3.05) is 11.7 Å². The van der Waals surface area contributed by atoms with Crippen molar-refractivity contribution < 1.29 is 19.1 Å². The van der Waals surface area contributed by atoms with E-state index in [9.17, 15) is 9.59 Å².